The van der Waals surface area contributed by atoms with Crippen LogP contribution in [0.5, 0.6) is 5.75 Å². The number of benzene rings is 2. The van der Waals surface area contributed by atoms with E-state index in [1.807, 2.05) is 18.2 Å². The highest BCUT2D eigenvalue weighted by Crippen LogP contribution is 2.43. The number of hydrogen-bond donors (Lipinski definition) is 1. The number of amides is 1. The van der Waals surface area contributed by atoms with Crippen molar-refractivity contribution < 1.29 is 18.3 Å². The molecule has 0 unspecified atom stereocenters. The molecule has 2 aromatic carbocycles. The van der Waals surface area contributed by atoms with E-state index in [0.717, 1.165) is 35.1 Å². The van der Waals surface area contributed by atoms with E-state index in [0.29, 0.717) is 5.92 Å². The van der Waals surface area contributed by atoms with Gasteiger partial charge in [0, 0.05) is 7.05 Å². The molecule has 1 fully saturated rings. The smallest absolute Gasteiger partial charge is 0.267 e. The topological polar surface area (TPSA) is 38.3 Å². The van der Waals surface area contributed by atoms with Crippen LogP contribution in [0.15, 0.2) is 36.4 Å². The minimum absolute atomic E-state index is 0.0807. The van der Waals surface area contributed by atoms with E-state index in [-0.39, 0.29) is 30.2 Å². The first-order valence-corrected chi connectivity index (χ1v) is 8.82. The number of ether oxygens (including phenoxy) is 1. The minimum atomic E-state index is -2.59. The molecule has 0 atom stereocenters. The Morgan fingerprint density at radius 2 is 2.04 bits per heavy atom. The van der Waals surface area contributed by atoms with Gasteiger partial charge in [-0.1, -0.05) is 29.8 Å². The summed E-state index contributed by atoms with van der Waals surface area (Å²) in [5.74, 6) is 0.593. The predicted octanol–water partition coefficient (Wildman–Crippen LogP) is 4.68. The first kappa shape index (κ1) is 18.4. The zero-order chi connectivity index (χ0) is 18.7. The van der Waals surface area contributed by atoms with Crippen molar-refractivity contribution in [3.05, 3.63) is 64.2 Å². The molecule has 1 saturated carbocycles. The Morgan fingerprint density at radius 3 is 2.69 bits per heavy atom. The second-order valence-corrected chi connectivity index (χ2v) is 6.74. The molecule has 1 N–H and O–H groups in total. The molecule has 138 valence electrons. The van der Waals surface area contributed by atoms with Gasteiger partial charge in [0.25, 0.3) is 6.43 Å². The van der Waals surface area contributed by atoms with Crippen molar-refractivity contribution in [3.63, 3.8) is 0 Å². The van der Waals surface area contributed by atoms with Gasteiger partial charge in [-0.3, -0.25) is 4.79 Å². The van der Waals surface area contributed by atoms with Crippen LogP contribution in [0, 0.1) is 6.92 Å². The summed E-state index contributed by atoms with van der Waals surface area (Å²) in [7, 11) is 1.60. The van der Waals surface area contributed by atoms with Crippen molar-refractivity contribution in [2.24, 2.45) is 0 Å². The summed E-state index contributed by atoms with van der Waals surface area (Å²) >= 11 is 0. The van der Waals surface area contributed by atoms with Gasteiger partial charge in [-0.15, -0.1) is 0 Å². The average Bonchev–Trinajstić information content (AvgIpc) is 3.46. The van der Waals surface area contributed by atoms with Crippen LogP contribution >= 0.6 is 0 Å². The molecule has 1 aliphatic rings. The van der Waals surface area contributed by atoms with Crippen LogP contribution in [0.3, 0.4) is 0 Å². The number of halogens is 2. The molecule has 1 amide bonds. The Bertz CT molecular complexity index is 801. The van der Waals surface area contributed by atoms with Crippen LogP contribution in [0.1, 0.15) is 53.0 Å². The molecule has 0 aromatic heterocycles. The van der Waals surface area contributed by atoms with Gasteiger partial charge in [-0.2, -0.15) is 0 Å². The van der Waals surface area contributed by atoms with Gasteiger partial charge >= 0.3 is 0 Å². The lowest BCUT2D eigenvalue weighted by atomic mass is 9.96. The normalized spacial score (nSPS) is 13.7. The zero-order valence-corrected chi connectivity index (χ0v) is 15.0. The number of rotatable bonds is 7. The van der Waals surface area contributed by atoms with E-state index >= 15 is 0 Å². The first-order chi connectivity index (χ1) is 12.5. The second-order valence-electron chi connectivity index (χ2n) is 6.74. The van der Waals surface area contributed by atoms with Crippen LogP contribution in [-0.2, 0) is 17.8 Å². The van der Waals surface area contributed by atoms with Crippen molar-refractivity contribution in [1.29, 1.82) is 0 Å². The SMILES string of the molecule is CNC(=O)Cc1cccc(C2CC2)c1COc1ccc(C)cc1C(F)F. The van der Waals surface area contributed by atoms with Crippen LogP contribution in [0.25, 0.3) is 0 Å². The fourth-order valence-corrected chi connectivity index (χ4v) is 3.15. The second kappa shape index (κ2) is 7.85. The van der Waals surface area contributed by atoms with Gasteiger partial charge in [-0.05, 0) is 54.5 Å². The quantitative estimate of drug-likeness (QED) is 0.780. The molecule has 2 aromatic rings. The van der Waals surface area contributed by atoms with Crippen LogP contribution in [-0.4, -0.2) is 13.0 Å². The molecule has 26 heavy (non-hydrogen) atoms. The number of aryl methyl sites for hydroxylation is 1. The predicted molar refractivity (Wildman–Crippen MR) is 96.7 cm³/mol. The highest BCUT2D eigenvalue weighted by molar-refractivity contribution is 5.78. The largest absolute Gasteiger partial charge is 0.488 e. The third-order valence-electron chi connectivity index (χ3n) is 4.73. The highest BCUT2D eigenvalue weighted by Gasteiger charge is 2.27. The number of carbonyl (C=O) groups is 1. The Hall–Kier alpha value is -2.43. The van der Waals surface area contributed by atoms with E-state index in [1.54, 1.807) is 26.1 Å². The Morgan fingerprint density at radius 1 is 1.27 bits per heavy atom. The number of likely N-dealkylation sites (N-methyl/N-ethyl adjacent to an activating group) is 1. The fourth-order valence-electron chi connectivity index (χ4n) is 3.15. The lowest BCUT2D eigenvalue weighted by Crippen LogP contribution is -2.21. The van der Waals surface area contributed by atoms with Gasteiger partial charge in [0.15, 0.2) is 0 Å². The standard InChI is InChI=1S/C21H23F2NO2/c1-13-6-9-19(17(10-13)21(22)23)26-12-18-15(11-20(25)24-2)4-3-5-16(18)14-7-8-14/h3-6,9-10,14,21H,7-8,11-12H2,1-2H3,(H,24,25). The van der Waals surface area contributed by atoms with Crippen molar-refractivity contribution >= 4 is 5.91 Å². The summed E-state index contributed by atoms with van der Waals surface area (Å²) in [5.41, 5.74) is 3.67. The van der Waals surface area contributed by atoms with Gasteiger partial charge in [0.2, 0.25) is 5.91 Å². The molecule has 0 spiro atoms. The highest BCUT2D eigenvalue weighted by atomic mass is 19.3. The molecule has 3 nitrogen and oxygen atoms in total. The fraction of sp³-hybridized carbons (Fsp3) is 0.381. The summed E-state index contributed by atoms with van der Waals surface area (Å²) < 4.78 is 32.4. The van der Waals surface area contributed by atoms with E-state index in [1.165, 1.54) is 6.07 Å². The molecular formula is C21H23F2NO2. The average molecular weight is 359 g/mol. The molecular weight excluding hydrogens is 336 g/mol. The third-order valence-corrected chi connectivity index (χ3v) is 4.73. The van der Waals surface area contributed by atoms with Crippen LogP contribution in [0.2, 0.25) is 0 Å². The summed E-state index contributed by atoms with van der Waals surface area (Å²) in [6.45, 7) is 1.96. The van der Waals surface area contributed by atoms with E-state index in [9.17, 15) is 13.6 Å². The summed E-state index contributed by atoms with van der Waals surface area (Å²) in [6.07, 6.45) is -0.105. The Balaban J connectivity index is 1.88. The summed E-state index contributed by atoms with van der Waals surface area (Å²) in [5, 5.41) is 2.63. The molecule has 3 rings (SSSR count). The lowest BCUT2D eigenvalue weighted by molar-refractivity contribution is -0.119. The van der Waals surface area contributed by atoms with Gasteiger partial charge in [-0.25, -0.2) is 8.78 Å². The van der Waals surface area contributed by atoms with Gasteiger partial charge in [0.1, 0.15) is 12.4 Å². The monoisotopic (exact) mass is 359 g/mol. The molecule has 0 radical (unpaired) electrons. The van der Waals surface area contributed by atoms with Crippen molar-refractivity contribution in [1.82, 2.24) is 5.32 Å². The maximum absolute atomic E-state index is 13.3. The van der Waals surface area contributed by atoms with Crippen molar-refractivity contribution in [3.8, 4) is 5.75 Å². The molecule has 0 bridgehead atoms. The molecule has 5 heteroatoms. The maximum atomic E-state index is 13.3. The van der Waals surface area contributed by atoms with E-state index in [4.69, 9.17) is 4.74 Å². The first-order valence-electron chi connectivity index (χ1n) is 8.82. The number of nitrogens with one attached hydrogen (secondary N) is 1. The van der Waals surface area contributed by atoms with Crippen molar-refractivity contribution in [2.45, 2.75) is 45.1 Å². The van der Waals surface area contributed by atoms with Gasteiger partial charge < -0.3 is 10.1 Å². The van der Waals surface area contributed by atoms with Crippen LogP contribution in [0.4, 0.5) is 8.78 Å². The van der Waals surface area contributed by atoms with E-state index < -0.39 is 6.43 Å². The lowest BCUT2D eigenvalue weighted by Gasteiger charge is -2.17. The summed E-state index contributed by atoms with van der Waals surface area (Å²) in [6, 6.07) is 10.7. The number of alkyl halides is 2. The zero-order valence-electron chi connectivity index (χ0n) is 15.0. The van der Waals surface area contributed by atoms with Crippen molar-refractivity contribution in [2.75, 3.05) is 7.05 Å². The van der Waals surface area contributed by atoms with Crippen LogP contribution < -0.4 is 10.1 Å². The minimum Gasteiger partial charge on any atom is -0.488 e. The molecule has 0 aliphatic heterocycles. The molecule has 0 saturated heterocycles. The number of hydrogen-bond acceptors (Lipinski definition) is 2. The van der Waals surface area contributed by atoms with E-state index in [2.05, 4.69) is 5.32 Å². The molecule has 0 heterocycles. The Kier molecular flexibility index (Phi) is 5.55. The maximum Gasteiger partial charge on any atom is 0.267 e. The molecule has 1 aliphatic carbocycles. The number of carbonyl (C=O) groups excluding carboxylic acids is 1. The Labute approximate surface area is 152 Å². The van der Waals surface area contributed by atoms with Gasteiger partial charge in [0.05, 0.1) is 12.0 Å². The summed E-state index contributed by atoms with van der Waals surface area (Å²) in [4.78, 5) is 11.8. The third kappa shape index (κ3) is 4.21.